The Bertz CT molecular complexity index is 268. The summed E-state index contributed by atoms with van der Waals surface area (Å²) in [5, 5.41) is 10.3. The largest absolute Gasteiger partial charge is 0.507 e. The molecule has 0 heterocycles. The molecule has 0 aliphatic heterocycles. The predicted molar refractivity (Wildman–Crippen MR) is 47.6 cm³/mol. The van der Waals surface area contributed by atoms with Gasteiger partial charge in [0.05, 0.1) is 10.0 Å². The van der Waals surface area contributed by atoms with Crippen molar-refractivity contribution in [1.82, 2.24) is 0 Å². The second-order valence-electron chi connectivity index (χ2n) is 2.46. The lowest BCUT2D eigenvalue weighted by Gasteiger charge is -2.05. The summed E-state index contributed by atoms with van der Waals surface area (Å²) in [6, 6.07) is 1.65. The Morgan fingerprint density at radius 1 is 1.27 bits per heavy atom. The molecule has 0 fully saturated rings. The van der Waals surface area contributed by atoms with Crippen molar-refractivity contribution in [3.05, 3.63) is 27.2 Å². The molecule has 1 rings (SSSR count). The van der Waals surface area contributed by atoms with Gasteiger partial charge < -0.3 is 5.11 Å². The third-order valence-electron chi connectivity index (χ3n) is 1.61. The SMILES string of the molecule is Cc1cc(Cl)c(Cl)c(C)c1O. The molecule has 0 aliphatic carbocycles. The van der Waals surface area contributed by atoms with Gasteiger partial charge in [0.2, 0.25) is 0 Å². The fourth-order valence-electron chi connectivity index (χ4n) is 0.901. The first kappa shape index (κ1) is 8.69. The maximum atomic E-state index is 9.37. The van der Waals surface area contributed by atoms with Crippen molar-refractivity contribution in [2.75, 3.05) is 0 Å². The van der Waals surface area contributed by atoms with Gasteiger partial charge >= 0.3 is 0 Å². The van der Waals surface area contributed by atoms with Crippen LogP contribution in [0.2, 0.25) is 10.0 Å². The average Bonchev–Trinajstić information content (AvgIpc) is 1.97. The Kier molecular flexibility index (Phi) is 2.31. The van der Waals surface area contributed by atoms with Gasteiger partial charge in [0, 0.05) is 5.56 Å². The Morgan fingerprint density at radius 3 is 2.36 bits per heavy atom. The molecular weight excluding hydrogens is 183 g/mol. The van der Waals surface area contributed by atoms with Crippen molar-refractivity contribution in [1.29, 1.82) is 0 Å². The van der Waals surface area contributed by atoms with Gasteiger partial charge in [-0.1, -0.05) is 23.2 Å². The molecule has 60 valence electrons. The van der Waals surface area contributed by atoms with Crippen LogP contribution in [0.4, 0.5) is 0 Å². The molecule has 0 amide bonds. The average molecular weight is 191 g/mol. The van der Waals surface area contributed by atoms with E-state index in [0.717, 1.165) is 5.56 Å². The molecule has 1 aromatic rings. The van der Waals surface area contributed by atoms with E-state index in [9.17, 15) is 5.11 Å². The third-order valence-corrected chi connectivity index (χ3v) is 2.49. The summed E-state index contributed by atoms with van der Waals surface area (Å²) in [5.41, 5.74) is 1.38. The van der Waals surface area contributed by atoms with Crippen molar-refractivity contribution >= 4 is 23.2 Å². The molecule has 0 aliphatic rings. The van der Waals surface area contributed by atoms with Crippen LogP contribution in [0.1, 0.15) is 11.1 Å². The van der Waals surface area contributed by atoms with Crippen LogP contribution in [0.5, 0.6) is 5.75 Å². The number of rotatable bonds is 0. The quantitative estimate of drug-likeness (QED) is 0.666. The van der Waals surface area contributed by atoms with Gasteiger partial charge in [-0.25, -0.2) is 0 Å². The van der Waals surface area contributed by atoms with Gasteiger partial charge in [0.1, 0.15) is 5.75 Å². The highest BCUT2D eigenvalue weighted by Gasteiger charge is 2.08. The van der Waals surface area contributed by atoms with Crippen LogP contribution in [0, 0.1) is 13.8 Å². The Labute approximate surface area is 75.6 Å². The van der Waals surface area contributed by atoms with Crippen molar-refractivity contribution in [3.63, 3.8) is 0 Å². The number of halogens is 2. The lowest BCUT2D eigenvalue weighted by Crippen LogP contribution is -1.82. The predicted octanol–water partition coefficient (Wildman–Crippen LogP) is 3.32. The van der Waals surface area contributed by atoms with E-state index in [-0.39, 0.29) is 5.75 Å². The Balaban J connectivity index is 3.46. The lowest BCUT2D eigenvalue weighted by atomic mass is 10.1. The molecule has 0 radical (unpaired) electrons. The molecule has 0 unspecified atom stereocenters. The van der Waals surface area contributed by atoms with Crippen LogP contribution in [0.25, 0.3) is 0 Å². The van der Waals surface area contributed by atoms with E-state index in [0.29, 0.717) is 15.6 Å². The second-order valence-corrected chi connectivity index (χ2v) is 3.25. The summed E-state index contributed by atoms with van der Waals surface area (Å²) in [6.45, 7) is 3.51. The topological polar surface area (TPSA) is 20.2 Å². The number of phenolic OH excluding ortho intramolecular Hbond substituents is 1. The first-order chi connectivity index (χ1) is 5.04. The van der Waals surface area contributed by atoms with Gasteiger partial charge in [-0.05, 0) is 25.5 Å². The zero-order valence-electron chi connectivity index (χ0n) is 6.28. The maximum Gasteiger partial charge on any atom is 0.122 e. The molecule has 1 N–H and O–H groups in total. The Hall–Kier alpha value is -0.400. The van der Waals surface area contributed by atoms with Gasteiger partial charge in [0.15, 0.2) is 0 Å². The van der Waals surface area contributed by atoms with Gasteiger partial charge in [-0.3, -0.25) is 0 Å². The minimum Gasteiger partial charge on any atom is -0.507 e. The third kappa shape index (κ3) is 1.44. The fraction of sp³-hybridized carbons (Fsp3) is 0.250. The highest BCUT2D eigenvalue weighted by atomic mass is 35.5. The summed E-state index contributed by atoms with van der Waals surface area (Å²) >= 11 is 11.5. The smallest absolute Gasteiger partial charge is 0.122 e. The summed E-state index contributed by atoms with van der Waals surface area (Å²) in [7, 11) is 0. The van der Waals surface area contributed by atoms with Crippen LogP contribution in [0.15, 0.2) is 6.07 Å². The summed E-state index contributed by atoms with van der Waals surface area (Å²) < 4.78 is 0. The molecule has 0 aromatic heterocycles. The summed E-state index contributed by atoms with van der Waals surface area (Å²) in [6.07, 6.45) is 0. The zero-order chi connectivity index (χ0) is 8.59. The molecule has 0 atom stereocenters. The van der Waals surface area contributed by atoms with E-state index < -0.39 is 0 Å². The number of hydrogen-bond acceptors (Lipinski definition) is 1. The summed E-state index contributed by atoms with van der Waals surface area (Å²) in [5.74, 6) is 0.222. The fourth-order valence-corrected chi connectivity index (χ4v) is 1.35. The van der Waals surface area contributed by atoms with Crippen LogP contribution in [-0.4, -0.2) is 5.11 Å². The number of benzene rings is 1. The molecule has 0 saturated heterocycles. The zero-order valence-corrected chi connectivity index (χ0v) is 7.79. The molecule has 11 heavy (non-hydrogen) atoms. The minimum atomic E-state index is 0.222. The van der Waals surface area contributed by atoms with Crippen molar-refractivity contribution < 1.29 is 5.11 Å². The van der Waals surface area contributed by atoms with Crippen molar-refractivity contribution in [2.45, 2.75) is 13.8 Å². The van der Waals surface area contributed by atoms with Gasteiger partial charge in [0.25, 0.3) is 0 Å². The lowest BCUT2D eigenvalue weighted by molar-refractivity contribution is 0.467. The second kappa shape index (κ2) is 2.92. The van der Waals surface area contributed by atoms with Crippen LogP contribution < -0.4 is 0 Å². The monoisotopic (exact) mass is 190 g/mol. The molecule has 3 heteroatoms. The Morgan fingerprint density at radius 2 is 1.82 bits per heavy atom. The number of aryl methyl sites for hydroxylation is 1. The first-order valence-electron chi connectivity index (χ1n) is 3.18. The van der Waals surface area contributed by atoms with E-state index in [1.54, 1.807) is 19.9 Å². The van der Waals surface area contributed by atoms with Gasteiger partial charge in [-0.2, -0.15) is 0 Å². The molecule has 0 bridgehead atoms. The number of hydrogen-bond donors (Lipinski definition) is 1. The number of phenols is 1. The van der Waals surface area contributed by atoms with Crippen molar-refractivity contribution in [3.8, 4) is 5.75 Å². The molecule has 0 saturated carbocycles. The molecule has 1 aromatic carbocycles. The van der Waals surface area contributed by atoms with Gasteiger partial charge in [-0.15, -0.1) is 0 Å². The van der Waals surface area contributed by atoms with E-state index in [2.05, 4.69) is 0 Å². The van der Waals surface area contributed by atoms with Crippen molar-refractivity contribution in [2.24, 2.45) is 0 Å². The highest BCUT2D eigenvalue weighted by Crippen LogP contribution is 2.34. The highest BCUT2D eigenvalue weighted by molar-refractivity contribution is 6.42. The van der Waals surface area contributed by atoms with Crippen LogP contribution in [-0.2, 0) is 0 Å². The molecule has 0 spiro atoms. The van der Waals surface area contributed by atoms with Crippen LogP contribution >= 0.6 is 23.2 Å². The van der Waals surface area contributed by atoms with E-state index in [1.807, 2.05) is 0 Å². The summed E-state index contributed by atoms with van der Waals surface area (Å²) in [4.78, 5) is 0. The maximum absolute atomic E-state index is 9.37. The molecular formula is C8H8Cl2O. The first-order valence-corrected chi connectivity index (χ1v) is 3.93. The normalized spacial score (nSPS) is 10.2. The van der Waals surface area contributed by atoms with Crippen LogP contribution in [0.3, 0.4) is 0 Å². The standard InChI is InChI=1S/C8H8Cl2O/c1-4-3-6(9)7(10)5(2)8(4)11/h3,11H,1-2H3. The number of aromatic hydroxyl groups is 1. The van der Waals surface area contributed by atoms with E-state index in [1.165, 1.54) is 0 Å². The molecule has 1 nitrogen and oxygen atoms in total. The van der Waals surface area contributed by atoms with E-state index in [4.69, 9.17) is 23.2 Å². The van der Waals surface area contributed by atoms with E-state index >= 15 is 0 Å². The minimum absolute atomic E-state index is 0.222.